The first-order valence-corrected chi connectivity index (χ1v) is 9.32. The Morgan fingerprint density at radius 1 is 1.28 bits per heavy atom. The summed E-state index contributed by atoms with van der Waals surface area (Å²) in [4.78, 5) is 14.7. The highest BCUT2D eigenvalue weighted by molar-refractivity contribution is 5.94. The molecule has 0 aliphatic carbocycles. The van der Waals surface area contributed by atoms with Gasteiger partial charge in [0.25, 0.3) is 5.91 Å². The molecule has 1 aliphatic rings. The number of piperidine rings is 1. The number of aryl methyl sites for hydroxylation is 1. The van der Waals surface area contributed by atoms with Gasteiger partial charge in [0, 0.05) is 31.6 Å². The van der Waals surface area contributed by atoms with E-state index >= 15 is 0 Å². The molecule has 0 saturated carbocycles. The van der Waals surface area contributed by atoms with E-state index in [0.717, 1.165) is 36.6 Å². The van der Waals surface area contributed by atoms with Crippen molar-refractivity contribution in [2.24, 2.45) is 5.92 Å². The average molecular weight is 340 g/mol. The molecule has 25 heavy (non-hydrogen) atoms. The third kappa shape index (κ3) is 5.46. The minimum Gasteiger partial charge on any atom is -0.469 e. The second-order valence-electron chi connectivity index (χ2n) is 7.12. The van der Waals surface area contributed by atoms with Gasteiger partial charge in [-0.15, -0.1) is 0 Å². The van der Waals surface area contributed by atoms with E-state index in [9.17, 15) is 4.79 Å². The zero-order valence-corrected chi connectivity index (χ0v) is 15.0. The molecule has 1 amide bonds. The first-order chi connectivity index (χ1) is 12.2. The van der Waals surface area contributed by atoms with Gasteiger partial charge in [0.2, 0.25) is 0 Å². The van der Waals surface area contributed by atoms with E-state index in [0.29, 0.717) is 6.54 Å². The van der Waals surface area contributed by atoms with E-state index in [1.807, 2.05) is 24.3 Å². The maximum absolute atomic E-state index is 12.2. The highest BCUT2D eigenvalue weighted by Gasteiger charge is 2.16. The molecule has 1 fully saturated rings. The molecule has 134 valence electrons. The average Bonchev–Trinajstić information content (AvgIpc) is 3.13. The van der Waals surface area contributed by atoms with Gasteiger partial charge < -0.3 is 9.73 Å². The van der Waals surface area contributed by atoms with Gasteiger partial charge in [-0.3, -0.25) is 9.69 Å². The van der Waals surface area contributed by atoms with E-state index in [4.69, 9.17) is 4.42 Å². The van der Waals surface area contributed by atoms with Crippen LogP contribution in [0.1, 0.15) is 47.9 Å². The number of nitrogens with one attached hydrogen (secondary N) is 1. The lowest BCUT2D eigenvalue weighted by Gasteiger charge is -2.30. The number of nitrogens with zero attached hydrogens (tertiary/aromatic N) is 1. The fraction of sp³-hybridized carbons (Fsp3) is 0.476. The number of carbonyl (C=O) groups is 1. The molecular formula is C21H28N2O2. The summed E-state index contributed by atoms with van der Waals surface area (Å²) in [5.74, 6) is 1.75. The van der Waals surface area contributed by atoms with E-state index < -0.39 is 0 Å². The molecule has 1 saturated heterocycles. The standard InChI is InChI=1S/C21H28N2O2/c1-17-5-3-13-23(15-17)16-18-8-10-19(11-9-18)21(24)22-12-2-6-20-7-4-14-25-20/h4,7-11,14,17H,2-3,5-6,12-13,15-16H2,1H3,(H,22,24). The van der Waals surface area contributed by atoms with Crippen molar-refractivity contribution in [1.82, 2.24) is 10.2 Å². The third-order valence-electron chi connectivity index (χ3n) is 4.83. The molecule has 0 bridgehead atoms. The van der Waals surface area contributed by atoms with Crippen molar-refractivity contribution in [3.8, 4) is 0 Å². The summed E-state index contributed by atoms with van der Waals surface area (Å²) in [5, 5.41) is 2.98. The van der Waals surface area contributed by atoms with Crippen LogP contribution in [0.2, 0.25) is 0 Å². The summed E-state index contributed by atoms with van der Waals surface area (Å²) in [6.45, 7) is 6.33. The third-order valence-corrected chi connectivity index (χ3v) is 4.83. The van der Waals surface area contributed by atoms with Gasteiger partial charge in [-0.2, -0.15) is 0 Å². The summed E-state index contributed by atoms with van der Waals surface area (Å²) in [6.07, 6.45) is 6.04. The van der Waals surface area contributed by atoms with Crippen LogP contribution in [-0.4, -0.2) is 30.4 Å². The van der Waals surface area contributed by atoms with Crippen LogP contribution in [0.4, 0.5) is 0 Å². The van der Waals surface area contributed by atoms with Gasteiger partial charge in [-0.25, -0.2) is 0 Å². The van der Waals surface area contributed by atoms with Gasteiger partial charge in [0.05, 0.1) is 6.26 Å². The molecule has 1 N–H and O–H groups in total. The molecule has 2 heterocycles. The topological polar surface area (TPSA) is 45.5 Å². The first kappa shape index (κ1) is 17.7. The summed E-state index contributed by atoms with van der Waals surface area (Å²) < 4.78 is 5.29. The van der Waals surface area contributed by atoms with Gasteiger partial charge in [-0.1, -0.05) is 19.1 Å². The van der Waals surface area contributed by atoms with E-state index in [2.05, 4.69) is 29.3 Å². The first-order valence-electron chi connectivity index (χ1n) is 9.32. The van der Waals surface area contributed by atoms with E-state index in [-0.39, 0.29) is 5.91 Å². The fourth-order valence-corrected chi connectivity index (χ4v) is 3.47. The molecule has 1 aromatic carbocycles. The smallest absolute Gasteiger partial charge is 0.251 e. The minimum atomic E-state index is -0.00223. The van der Waals surface area contributed by atoms with Crippen molar-refractivity contribution in [1.29, 1.82) is 0 Å². The predicted octanol–water partition coefficient (Wildman–Crippen LogP) is 3.87. The molecule has 0 radical (unpaired) electrons. The number of furan rings is 1. The number of hydrogen-bond acceptors (Lipinski definition) is 3. The molecule has 1 aromatic heterocycles. The molecule has 4 heteroatoms. The Kier molecular flexibility index (Phi) is 6.29. The zero-order valence-electron chi connectivity index (χ0n) is 15.0. The Morgan fingerprint density at radius 3 is 2.84 bits per heavy atom. The van der Waals surface area contributed by atoms with Gasteiger partial charge >= 0.3 is 0 Å². The SMILES string of the molecule is CC1CCCN(Cc2ccc(C(=O)NCCCc3ccco3)cc2)C1. The Balaban J connectivity index is 1.42. The minimum absolute atomic E-state index is 0.00223. The van der Waals surface area contributed by atoms with Gasteiger partial charge in [0.15, 0.2) is 0 Å². The molecule has 4 nitrogen and oxygen atoms in total. The lowest BCUT2D eigenvalue weighted by molar-refractivity contribution is 0.0953. The maximum Gasteiger partial charge on any atom is 0.251 e. The number of benzene rings is 1. The number of hydrogen-bond donors (Lipinski definition) is 1. The quantitative estimate of drug-likeness (QED) is 0.778. The number of rotatable bonds is 7. The molecule has 2 aromatic rings. The van der Waals surface area contributed by atoms with E-state index in [1.54, 1.807) is 6.26 Å². The van der Waals surface area contributed by atoms with Crippen LogP contribution in [0.15, 0.2) is 47.1 Å². The van der Waals surface area contributed by atoms with Crippen molar-refractivity contribution >= 4 is 5.91 Å². The maximum atomic E-state index is 12.2. The van der Waals surface area contributed by atoms with Crippen LogP contribution in [0, 0.1) is 5.92 Å². The second kappa shape index (κ2) is 8.86. The molecule has 1 unspecified atom stereocenters. The monoisotopic (exact) mass is 340 g/mol. The van der Waals surface area contributed by atoms with Crippen molar-refractivity contribution < 1.29 is 9.21 Å². The number of likely N-dealkylation sites (tertiary alicyclic amines) is 1. The highest BCUT2D eigenvalue weighted by atomic mass is 16.3. The predicted molar refractivity (Wildman–Crippen MR) is 99.5 cm³/mol. The second-order valence-corrected chi connectivity index (χ2v) is 7.12. The van der Waals surface area contributed by atoms with Crippen LogP contribution >= 0.6 is 0 Å². The summed E-state index contributed by atoms with van der Waals surface area (Å²) in [5.41, 5.74) is 2.01. The fourth-order valence-electron chi connectivity index (χ4n) is 3.47. The molecule has 1 aliphatic heterocycles. The van der Waals surface area contributed by atoms with Crippen LogP contribution in [0.3, 0.4) is 0 Å². The zero-order chi connectivity index (χ0) is 17.5. The molecular weight excluding hydrogens is 312 g/mol. The molecule has 1 atom stereocenters. The Labute approximate surface area is 150 Å². The van der Waals surface area contributed by atoms with Crippen molar-refractivity contribution in [2.75, 3.05) is 19.6 Å². The van der Waals surface area contributed by atoms with Crippen molar-refractivity contribution in [3.63, 3.8) is 0 Å². The Morgan fingerprint density at radius 2 is 2.12 bits per heavy atom. The number of amides is 1. The Bertz CT molecular complexity index is 649. The van der Waals surface area contributed by atoms with Crippen molar-refractivity contribution in [2.45, 2.75) is 39.2 Å². The van der Waals surface area contributed by atoms with E-state index in [1.165, 1.54) is 31.5 Å². The Hall–Kier alpha value is -2.07. The molecule has 0 spiro atoms. The lowest BCUT2D eigenvalue weighted by atomic mass is 9.99. The summed E-state index contributed by atoms with van der Waals surface area (Å²) >= 11 is 0. The van der Waals surface area contributed by atoms with Gasteiger partial charge in [0.1, 0.15) is 5.76 Å². The lowest BCUT2D eigenvalue weighted by Crippen LogP contribution is -2.33. The largest absolute Gasteiger partial charge is 0.469 e. The van der Waals surface area contributed by atoms with Crippen LogP contribution < -0.4 is 5.32 Å². The van der Waals surface area contributed by atoms with Crippen LogP contribution in [0.5, 0.6) is 0 Å². The van der Waals surface area contributed by atoms with Crippen molar-refractivity contribution in [3.05, 3.63) is 59.5 Å². The normalized spacial score (nSPS) is 18.2. The summed E-state index contributed by atoms with van der Waals surface area (Å²) in [7, 11) is 0. The summed E-state index contributed by atoms with van der Waals surface area (Å²) in [6, 6.07) is 11.9. The van der Waals surface area contributed by atoms with Gasteiger partial charge in [-0.05, 0) is 61.6 Å². The van der Waals surface area contributed by atoms with Crippen LogP contribution in [0.25, 0.3) is 0 Å². The van der Waals surface area contributed by atoms with Crippen LogP contribution in [-0.2, 0) is 13.0 Å². The highest BCUT2D eigenvalue weighted by Crippen LogP contribution is 2.18. The molecule has 3 rings (SSSR count). The number of carbonyl (C=O) groups excluding carboxylic acids is 1.